The summed E-state index contributed by atoms with van der Waals surface area (Å²) in [5, 5.41) is 8.49. The van der Waals surface area contributed by atoms with E-state index in [0.717, 1.165) is 12.0 Å². The highest BCUT2D eigenvalue weighted by molar-refractivity contribution is 5.29. The van der Waals surface area contributed by atoms with Crippen molar-refractivity contribution < 1.29 is 0 Å². The van der Waals surface area contributed by atoms with Crippen molar-refractivity contribution in [3.8, 4) is 6.07 Å². The lowest BCUT2D eigenvalue weighted by Crippen LogP contribution is -1.89. The first-order valence-corrected chi connectivity index (χ1v) is 3.82. The average Bonchev–Trinajstić information content (AvgIpc) is 2.06. The first-order chi connectivity index (χ1) is 5.38. The first kappa shape index (κ1) is 7.81. The Labute approximate surface area is 67.3 Å². The number of nitriles is 1. The molecule has 0 aliphatic rings. The van der Waals surface area contributed by atoms with Crippen LogP contribution in [0.2, 0.25) is 0 Å². The van der Waals surface area contributed by atoms with Gasteiger partial charge in [0.15, 0.2) is 0 Å². The maximum Gasteiger partial charge on any atom is 0.0669 e. The summed E-state index contributed by atoms with van der Waals surface area (Å²) in [6.45, 7) is 2.11. The Morgan fingerprint density at radius 1 is 1.27 bits per heavy atom. The Hall–Kier alpha value is -1.29. The van der Waals surface area contributed by atoms with Crippen LogP contribution in [0.25, 0.3) is 0 Å². The smallest absolute Gasteiger partial charge is 0.0669 e. The van der Waals surface area contributed by atoms with Gasteiger partial charge in [0.2, 0.25) is 0 Å². The van der Waals surface area contributed by atoms with Crippen LogP contribution in [0.3, 0.4) is 0 Å². The van der Waals surface area contributed by atoms with Gasteiger partial charge in [0.05, 0.1) is 12.5 Å². The minimum Gasteiger partial charge on any atom is -0.198 e. The van der Waals surface area contributed by atoms with E-state index in [2.05, 4.69) is 19.1 Å². The van der Waals surface area contributed by atoms with Crippen molar-refractivity contribution in [2.24, 2.45) is 0 Å². The molecule has 1 aromatic rings. The van der Waals surface area contributed by atoms with Crippen molar-refractivity contribution in [3.05, 3.63) is 35.4 Å². The summed E-state index contributed by atoms with van der Waals surface area (Å²) in [5.41, 5.74) is 2.45. The lowest BCUT2D eigenvalue weighted by atomic mass is 10.0. The predicted octanol–water partition coefficient (Wildman–Crippen LogP) is 2.32. The minimum absolute atomic E-state index is 0.532. The molecule has 11 heavy (non-hydrogen) atoms. The van der Waals surface area contributed by atoms with Gasteiger partial charge in [-0.15, -0.1) is 0 Å². The van der Waals surface area contributed by atoms with Gasteiger partial charge in [0.1, 0.15) is 0 Å². The summed E-state index contributed by atoms with van der Waals surface area (Å²) >= 11 is 0. The third kappa shape index (κ3) is 1.81. The molecule has 0 saturated carbocycles. The van der Waals surface area contributed by atoms with Crippen LogP contribution >= 0.6 is 0 Å². The fraction of sp³-hybridized carbons (Fsp3) is 0.300. The van der Waals surface area contributed by atoms with Crippen molar-refractivity contribution in [1.82, 2.24) is 0 Å². The zero-order valence-electron chi connectivity index (χ0n) is 6.67. The molecule has 0 unspecified atom stereocenters. The topological polar surface area (TPSA) is 23.8 Å². The summed E-state index contributed by atoms with van der Waals surface area (Å²) in [4.78, 5) is 0. The van der Waals surface area contributed by atoms with E-state index in [9.17, 15) is 0 Å². The molecule has 0 fully saturated rings. The monoisotopic (exact) mass is 145 g/mol. The maximum atomic E-state index is 8.49. The molecule has 0 radical (unpaired) electrons. The van der Waals surface area contributed by atoms with Gasteiger partial charge in [0.25, 0.3) is 0 Å². The predicted molar refractivity (Wildman–Crippen MR) is 45.1 cm³/mol. The quantitative estimate of drug-likeness (QED) is 0.626. The van der Waals surface area contributed by atoms with Gasteiger partial charge in [-0.05, 0) is 17.5 Å². The molecule has 0 spiro atoms. The van der Waals surface area contributed by atoms with Crippen molar-refractivity contribution in [2.75, 3.05) is 0 Å². The minimum atomic E-state index is 0.532. The normalized spacial score (nSPS) is 9.09. The van der Waals surface area contributed by atoms with Crippen LogP contribution in [0.4, 0.5) is 0 Å². The largest absolute Gasteiger partial charge is 0.198 e. The Balaban J connectivity index is 2.94. The van der Waals surface area contributed by atoms with Crippen LogP contribution in [0.1, 0.15) is 18.1 Å². The van der Waals surface area contributed by atoms with Crippen LogP contribution in [0, 0.1) is 11.3 Å². The van der Waals surface area contributed by atoms with E-state index in [1.165, 1.54) is 5.56 Å². The molecule has 0 heterocycles. The summed E-state index contributed by atoms with van der Waals surface area (Å²) in [5.74, 6) is 0. The molecule has 0 N–H and O–H groups in total. The van der Waals surface area contributed by atoms with Crippen LogP contribution < -0.4 is 0 Å². The number of hydrogen-bond acceptors (Lipinski definition) is 1. The fourth-order valence-corrected chi connectivity index (χ4v) is 1.16. The molecular formula is C10H11N. The third-order valence-corrected chi connectivity index (χ3v) is 1.77. The van der Waals surface area contributed by atoms with E-state index in [4.69, 9.17) is 5.26 Å². The number of nitrogens with zero attached hydrogens (tertiary/aromatic N) is 1. The summed E-state index contributed by atoms with van der Waals surface area (Å²) in [6.07, 6.45) is 1.54. The standard InChI is InChI=1S/C10H11N/c1-2-9-5-3-4-6-10(9)7-8-11/h3-6H,2,7H2,1H3. The van der Waals surface area contributed by atoms with Gasteiger partial charge >= 0.3 is 0 Å². The van der Waals surface area contributed by atoms with Gasteiger partial charge in [-0.1, -0.05) is 31.2 Å². The van der Waals surface area contributed by atoms with Crippen molar-refractivity contribution in [1.29, 1.82) is 5.26 Å². The van der Waals surface area contributed by atoms with Crippen LogP contribution in [0.15, 0.2) is 24.3 Å². The zero-order valence-corrected chi connectivity index (χ0v) is 6.67. The molecule has 1 rings (SSSR count). The Bertz CT molecular complexity index is 270. The molecule has 0 aliphatic heterocycles. The molecule has 0 bridgehead atoms. The van der Waals surface area contributed by atoms with E-state index in [-0.39, 0.29) is 0 Å². The summed E-state index contributed by atoms with van der Waals surface area (Å²) in [7, 11) is 0. The highest BCUT2D eigenvalue weighted by Crippen LogP contribution is 2.08. The Kier molecular flexibility index (Phi) is 2.68. The second-order valence-electron chi connectivity index (χ2n) is 2.46. The summed E-state index contributed by atoms with van der Waals surface area (Å²) in [6, 6.07) is 10.2. The van der Waals surface area contributed by atoms with Crippen molar-refractivity contribution in [3.63, 3.8) is 0 Å². The van der Waals surface area contributed by atoms with Crippen molar-refractivity contribution >= 4 is 0 Å². The Morgan fingerprint density at radius 3 is 2.45 bits per heavy atom. The van der Waals surface area contributed by atoms with Crippen molar-refractivity contribution in [2.45, 2.75) is 19.8 Å². The van der Waals surface area contributed by atoms with Gasteiger partial charge in [-0.3, -0.25) is 0 Å². The Morgan fingerprint density at radius 2 is 1.91 bits per heavy atom. The number of rotatable bonds is 2. The second-order valence-corrected chi connectivity index (χ2v) is 2.46. The number of hydrogen-bond donors (Lipinski definition) is 0. The van der Waals surface area contributed by atoms with E-state index >= 15 is 0 Å². The molecule has 0 saturated heterocycles. The average molecular weight is 145 g/mol. The molecule has 1 heteroatoms. The molecule has 0 atom stereocenters. The van der Waals surface area contributed by atoms with E-state index in [0.29, 0.717) is 6.42 Å². The van der Waals surface area contributed by atoms with E-state index in [1.807, 2.05) is 18.2 Å². The second kappa shape index (κ2) is 3.78. The summed E-state index contributed by atoms with van der Waals surface area (Å²) < 4.78 is 0. The SMILES string of the molecule is CCc1ccccc1CC#N. The molecule has 0 amide bonds. The highest BCUT2D eigenvalue weighted by Gasteiger charge is 1.96. The van der Waals surface area contributed by atoms with Crippen LogP contribution in [0.5, 0.6) is 0 Å². The third-order valence-electron chi connectivity index (χ3n) is 1.77. The molecule has 0 aliphatic carbocycles. The van der Waals surface area contributed by atoms with Gasteiger partial charge in [0, 0.05) is 0 Å². The number of aryl methyl sites for hydroxylation is 1. The number of benzene rings is 1. The molecule has 56 valence electrons. The zero-order chi connectivity index (χ0) is 8.10. The van der Waals surface area contributed by atoms with Gasteiger partial charge in [-0.2, -0.15) is 5.26 Å². The molecule has 1 nitrogen and oxygen atoms in total. The fourth-order valence-electron chi connectivity index (χ4n) is 1.16. The van der Waals surface area contributed by atoms with Crippen LogP contribution in [-0.4, -0.2) is 0 Å². The van der Waals surface area contributed by atoms with Crippen LogP contribution in [-0.2, 0) is 12.8 Å². The first-order valence-electron chi connectivity index (χ1n) is 3.82. The van der Waals surface area contributed by atoms with Gasteiger partial charge in [-0.25, -0.2) is 0 Å². The van der Waals surface area contributed by atoms with Gasteiger partial charge < -0.3 is 0 Å². The van der Waals surface area contributed by atoms with E-state index < -0.39 is 0 Å². The molecular weight excluding hydrogens is 134 g/mol. The highest BCUT2D eigenvalue weighted by atomic mass is 14.2. The molecule has 1 aromatic carbocycles. The van der Waals surface area contributed by atoms with E-state index in [1.54, 1.807) is 0 Å². The lowest BCUT2D eigenvalue weighted by Gasteiger charge is -2.01. The maximum absolute atomic E-state index is 8.49. The molecule has 0 aromatic heterocycles. The lowest BCUT2D eigenvalue weighted by molar-refractivity contribution is 1.08.